The van der Waals surface area contributed by atoms with E-state index in [0.717, 1.165) is 35.7 Å². The molecular formula is C15H21BrFNO. The zero-order valence-electron chi connectivity index (χ0n) is 11.3. The Morgan fingerprint density at radius 3 is 2.68 bits per heavy atom. The van der Waals surface area contributed by atoms with Gasteiger partial charge in [-0.2, -0.15) is 0 Å². The number of aliphatic hydroxyl groups is 1. The maximum atomic E-state index is 13.1. The fourth-order valence-corrected chi connectivity index (χ4v) is 3.39. The van der Waals surface area contributed by atoms with Gasteiger partial charge in [0, 0.05) is 17.1 Å². The van der Waals surface area contributed by atoms with Crippen molar-refractivity contribution in [3.63, 3.8) is 0 Å². The monoisotopic (exact) mass is 329 g/mol. The second kappa shape index (κ2) is 6.33. The average Bonchev–Trinajstić information content (AvgIpc) is 2.37. The van der Waals surface area contributed by atoms with Gasteiger partial charge in [0.05, 0.1) is 5.60 Å². The third-order valence-electron chi connectivity index (χ3n) is 3.95. The molecule has 2 rings (SSSR count). The molecule has 106 valence electrons. The van der Waals surface area contributed by atoms with Crippen molar-refractivity contribution in [3.8, 4) is 0 Å². The van der Waals surface area contributed by atoms with Crippen LogP contribution in [0.15, 0.2) is 22.7 Å². The van der Waals surface area contributed by atoms with E-state index in [4.69, 9.17) is 0 Å². The molecule has 0 aromatic heterocycles. The third kappa shape index (κ3) is 4.01. The summed E-state index contributed by atoms with van der Waals surface area (Å²) in [4.78, 5) is 0. The third-order valence-corrected chi connectivity index (χ3v) is 4.64. The molecular weight excluding hydrogens is 309 g/mol. The van der Waals surface area contributed by atoms with Gasteiger partial charge >= 0.3 is 0 Å². The molecule has 1 aliphatic rings. The minimum atomic E-state index is -0.570. The van der Waals surface area contributed by atoms with Crippen molar-refractivity contribution in [1.82, 2.24) is 5.32 Å². The van der Waals surface area contributed by atoms with Crippen LogP contribution in [0.5, 0.6) is 0 Å². The lowest BCUT2D eigenvalue weighted by Crippen LogP contribution is -2.42. The first-order valence-corrected chi connectivity index (χ1v) is 7.70. The molecule has 1 aliphatic carbocycles. The standard InChI is InChI=1S/C15H21BrFNO/c1-11(13-6-5-12(17)9-14(13)16)18-10-15(19)7-3-2-4-8-15/h5-6,9,11,18-19H,2-4,7-8,10H2,1H3. The predicted molar refractivity (Wildman–Crippen MR) is 78.6 cm³/mol. The molecule has 1 aromatic carbocycles. The Labute approximate surface area is 122 Å². The maximum absolute atomic E-state index is 13.1. The fraction of sp³-hybridized carbons (Fsp3) is 0.600. The average molecular weight is 330 g/mol. The number of rotatable bonds is 4. The molecule has 0 amide bonds. The second-order valence-corrected chi connectivity index (χ2v) is 6.41. The zero-order chi connectivity index (χ0) is 13.9. The molecule has 0 heterocycles. The molecule has 0 radical (unpaired) electrons. The Bertz CT molecular complexity index is 432. The summed E-state index contributed by atoms with van der Waals surface area (Å²) >= 11 is 3.38. The van der Waals surface area contributed by atoms with Crippen LogP contribution in [0, 0.1) is 5.82 Å². The van der Waals surface area contributed by atoms with Gasteiger partial charge in [-0.15, -0.1) is 0 Å². The van der Waals surface area contributed by atoms with Gasteiger partial charge < -0.3 is 10.4 Å². The van der Waals surface area contributed by atoms with Gasteiger partial charge in [-0.1, -0.05) is 41.3 Å². The Kier molecular flexibility index (Phi) is 4.98. The summed E-state index contributed by atoms with van der Waals surface area (Å²) in [5.74, 6) is -0.242. The van der Waals surface area contributed by atoms with Gasteiger partial charge in [-0.25, -0.2) is 4.39 Å². The zero-order valence-corrected chi connectivity index (χ0v) is 12.8. The van der Waals surface area contributed by atoms with Crippen LogP contribution in [0.1, 0.15) is 50.6 Å². The van der Waals surface area contributed by atoms with Crippen molar-refractivity contribution in [2.24, 2.45) is 0 Å². The highest BCUT2D eigenvalue weighted by Gasteiger charge is 2.29. The Morgan fingerprint density at radius 1 is 1.37 bits per heavy atom. The summed E-state index contributed by atoms with van der Waals surface area (Å²) in [6.07, 6.45) is 5.18. The first kappa shape index (κ1) is 14.9. The highest BCUT2D eigenvalue weighted by molar-refractivity contribution is 9.10. The molecule has 2 nitrogen and oxygen atoms in total. The van der Waals surface area contributed by atoms with Crippen LogP contribution < -0.4 is 5.32 Å². The molecule has 1 aromatic rings. The van der Waals surface area contributed by atoms with Crippen molar-refractivity contribution in [1.29, 1.82) is 0 Å². The lowest BCUT2D eigenvalue weighted by Gasteiger charge is -2.33. The summed E-state index contributed by atoms with van der Waals surface area (Å²) in [7, 11) is 0. The van der Waals surface area contributed by atoms with Gasteiger partial charge in [0.2, 0.25) is 0 Å². The van der Waals surface area contributed by atoms with Gasteiger partial charge in [-0.3, -0.25) is 0 Å². The number of hydrogen-bond acceptors (Lipinski definition) is 2. The van der Waals surface area contributed by atoms with E-state index in [1.807, 2.05) is 6.92 Å². The molecule has 0 spiro atoms. The second-order valence-electron chi connectivity index (χ2n) is 5.55. The summed E-state index contributed by atoms with van der Waals surface area (Å²) < 4.78 is 13.8. The van der Waals surface area contributed by atoms with E-state index in [1.54, 1.807) is 6.07 Å². The van der Waals surface area contributed by atoms with Crippen molar-refractivity contribution >= 4 is 15.9 Å². The summed E-state index contributed by atoms with van der Waals surface area (Å²) in [6, 6.07) is 4.80. The molecule has 1 unspecified atom stereocenters. The van der Waals surface area contributed by atoms with Crippen LogP contribution in [0.2, 0.25) is 0 Å². The minimum Gasteiger partial charge on any atom is -0.389 e. The molecule has 1 fully saturated rings. The van der Waals surface area contributed by atoms with E-state index < -0.39 is 5.60 Å². The van der Waals surface area contributed by atoms with Crippen molar-refractivity contribution in [2.45, 2.75) is 50.7 Å². The molecule has 1 saturated carbocycles. The molecule has 1 atom stereocenters. The van der Waals surface area contributed by atoms with Crippen LogP contribution in [-0.4, -0.2) is 17.3 Å². The van der Waals surface area contributed by atoms with Gasteiger partial charge in [0.1, 0.15) is 5.82 Å². The number of nitrogens with one attached hydrogen (secondary N) is 1. The quantitative estimate of drug-likeness (QED) is 0.877. The first-order chi connectivity index (χ1) is 9.00. The van der Waals surface area contributed by atoms with Crippen LogP contribution in [-0.2, 0) is 0 Å². The molecule has 19 heavy (non-hydrogen) atoms. The normalized spacial score (nSPS) is 20.2. The molecule has 2 N–H and O–H groups in total. The number of halogens is 2. The van der Waals surface area contributed by atoms with Crippen LogP contribution >= 0.6 is 15.9 Å². The lowest BCUT2D eigenvalue weighted by molar-refractivity contribution is 0.00298. The van der Waals surface area contributed by atoms with Crippen molar-refractivity contribution in [2.75, 3.05) is 6.54 Å². The highest BCUT2D eigenvalue weighted by Crippen LogP contribution is 2.29. The smallest absolute Gasteiger partial charge is 0.124 e. The Hall–Kier alpha value is -0.450. The van der Waals surface area contributed by atoms with Crippen LogP contribution in [0.3, 0.4) is 0 Å². The molecule has 4 heteroatoms. The van der Waals surface area contributed by atoms with E-state index in [0.29, 0.717) is 6.54 Å². The van der Waals surface area contributed by atoms with E-state index in [-0.39, 0.29) is 11.9 Å². The van der Waals surface area contributed by atoms with Gasteiger partial charge in [0.25, 0.3) is 0 Å². The fourth-order valence-electron chi connectivity index (χ4n) is 2.69. The largest absolute Gasteiger partial charge is 0.389 e. The maximum Gasteiger partial charge on any atom is 0.124 e. The minimum absolute atomic E-state index is 0.0842. The first-order valence-electron chi connectivity index (χ1n) is 6.91. The molecule has 0 bridgehead atoms. The molecule has 0 saturated heterocycles. The topological polar surface area (TPSA) is 32.3 Å². The predicted octanol–water partition coefficient (Wildman–Crippen LogP) is 3.93. The van der Waals surface area contributed by atoms with E-state index in [2.05, 4.69) is 21.2 Å². The van der Waals surface area contributed by atoms with Crippen molar-refractivity contribution in [3.05, 3.63) is 34.1 Å². The van der Waals surface area contributed by atoms with Crippen LogP contribution in [0.4, 0.5) is 4.39 Å². The highest BCUT2D eigenvalue weighted by atomic mass is 79.9. The van der Waals surface area contributed by atoms with Gasteiger partial charge in [-0.05, 0) is 37.5 Å². The Balaban J connectivity index is 1.95. The summed E-state index contributed by atoms with van der Waals surface area (Å²) in [5.41, 5.74) is 0.444. The van der Waals surface area contributed by atoms with Crippen molar-refractivity contribution < 1.29 is 9.50 Å². The number of benzene rings is 1. The van der Waals surface area contributed by atoms with E-state index >= 15 is 0 Å². The summed E-state index contributed by atoms with van der Waals surface area (Å²) in [5, 5.41) is 13.8. The molecule has 0 aliphatic heterocycles. The van der Waals surface area contributed by atoms with Crippen LogP contribution in [0.25, 0.3) is 0 Å². The SMILES string of the molecule is CC(NCC1(O)CCCCC1)c1ccc(F)cc1Br. The van der Waals surface area contributed by atoms with E-state index in [9.17, 15) is 9.50 Å². The summed E-state index contributed by atoms with van der Waals surface area (Å²) in [6.45, 7) is 2.63. The van der Waals surface area contributed by atoms with E-state index in [1.165, 1.54) is 18.6 Å². The van der Waals surface area contributed by atoms with Gasteiger partial charge in [0.15, 0.2) is 0 Å². The number of hydrogen-bond donors (Lipinski definition) is 2. The Morgan fingerprint density at radius 2 is 2.05 bits per heavy atom. The lowest BCUT2D eigenvalue weighted by atomic mass is 9.84.